The summed E-state index contributed by atoms with van der Waals surface area (Å²) in [4.78, 5) is 26.7. The Labute approximate surface area is 159 Å². The molecule has 0 atom stereocenters. The van der Waals surface area contributed by atoms with Gasteiger partial charge in [-0.15, -0.1) is 0 Å². The van der Waals surface area contributed by atoms with Gasteiger partial charge in [0.1, 0.15) is 0 Å². The number of benzene rings is 1. The third-order valence-corrected chi connectivity index (χ3v) is 6.92. The summed E-state index contributed by atoms with van der Waals surface area (Å²) in [5.41, 5.74) is 0.473. The molecule has 3 aliphatic rings. The highest BCUT2D eigenvalue weighted by Gasteiger charge is 2.32. The summed E-state index contributed by atoms with van der Waals surface area (Å²) in [6.45, 7) is 1.09. The average molecular weight is 391 g/mol. The van der Waals surface area contributed by atoms with Crippen LogP contribution in [0.2, 0.25) is 0 Å². The van der Waals surface area contributed by atoms with E-state index in [4.69, 9.17) is 0 Å². The van der Waals surface area contributed by atoms with E-state index in [0.29, 0.717) is 37.5 Å². The van der Waals surface area contributed by atoms with Crippen LogP contribution in [0.25, 0.3) is 0 Å². The maximum Gasteiger partial charge on any atom is 0.253 e. The molecule has 1 aromatic rings. The summed E-state index contributed by atoms with van der Waals surface area (Å²) in [5, 5.41) is 3.03. The van der Waals surface area contributed by atoms with Gasteiger partial charge in [-0.05, 0) is 62.8 Å². The largest absolute Gasteiger partial charge is 0.353 e. The molecule has 146 valence electrons. The molecule has 27 heavy (non-hydrogen) atoms. The van der Waals surface area contributed by atoms with Crippen molar-refractivity contribution in [1.82, 2.24) is 14.9 Å². The van der Waals surface area contributed by atoms with Crippen molar-refractivity contribution in [2.75, 3.05) is 13.1 Å². The molecule has 4 rings (SSSR count). The molecular formula is C19H25N3O4S. The number of hydrogen-bond donors (Lipinski definition) is 2. The number of nitrogens with zero attached hydrogens (tertiary/aromatic N) is 1. The van der Waals surface area contributed by atoms with Crippen molar-refractivity contribution in [2.24, 2.45) is 5.92 Å². The fourth-order valence-corrected chi connectivity index (χ4v) is 4.64. The maximum atomic E-state index is 12.7. The molecule has 0 radical (unpaired) electrons. The molecule has 0 spiro atoms. The number of hydrogen-bond acceptors (Lipinski definition) is 4. The second kappa shape index (κ2) is 7.24. The zero-order valence-corrected chi connectivity index (χ0v) is 16.0. The Balaban J connectivity index is 1.33. The predicted octanol–water partition coefficient (Wildman–Crippen LogP) is 1.26. The number of nitrogens with one attached hydrogen (secondary N) is 2. The van der Waals surface area contributed by atoms with E-state index in [1.54, 1.807) is 17.0 Å². The van der Waals surface area contributed by atoms with Gasteiger partial charge in [-0.3, -0.25) is 9.59 Å². The monoisotopic (exact) mass is 391 g/mol. The van der Waals surface area contributed by atoms with E-state index in [1.165, 1.54) is 12.1 Å². The minimum absolute atomic E-state index is 0.0179. The van der Waals surface area contributed by atoms with Crippen LogP contribution in [0, 0.1) is 5.92 Å². The number of carbonyl (C=O) groups excluding carboxylic acids is 2. The zero-order chi connectivity index (χ0) is 19.0. The number of piperidine rings is 1. The van der Waals surface area contributed by atoms with Crippen molar-refractivity contribution in [3.05, 3.63) is 29.8 Å². The third kappa shape index (κ3) is 4.50. The van der Waals surface area contributed by atoms with Gasteiger partial charge < -0.3 is 10.2 Å². The molecule has 1 heterocycles. The SMILES string of the molecule is O=C(NC1CC1)C1CCN(C(=O)c2ccc(S(=O)(=O)NC3CC3)cc2)CC1. The Morgan fingerprint density at radius 2 is 1.48 bits per heavy atom. The smallest absolute Gasteiger partial charge is 0.253 e. The highest BCUT2D eigenvalue weighted by atomic mass is 32.2. The molecule has 1 aliphatic heterocycles. The molecule has 2 N–H and O–H groups in total. The number of amides is 2. The number of carbonyl (C=O) groups is 2. The van der Waals surface area contributed by atoms with Crippen molar-refractivity contribution in [2.45, 2.75) is 55.5 Å². The van der Waals surface area contributed by atoms with E-state index < -0.39 is 10.0 Å². The summed E-state index contributed by atoms with van der Waals surface area (Å²) >= 11 is 0. The van der Waals surface area contributed by atoms with Gasteiger partial charge >= 0.3 is 0 Å². The van der Waals surface area contributed by atoms with E-state index in [9.17, 15) is 18.0 Å². The molecule has 1 aromatic carbocycles. The normalized spacial score (nSPS) is 21.1. The first-order valence-corrected chi connectivity index (χ1v) is 11.1. The minimum atomic E-state index is -3.51. The first-order valence-electron chi connectivity index (χ1n) is 9.64. The van der Waals surface area contributed by atoms with Crippen LogP contribution < -0.4 is 10.0 Å². The summed E-state index contributed by atoms with van der Waals surface area (Å²) < 4.78 is 27.0. The summed E-state index contributed by atoms with van der Waals surface area (Å²) in [6.07, 6.45) is 5.24. The van der Waals surface area contributed by atoms with Crippen LogP contribution in [0.15, 0.2) is 29.2 Å². The fraction of sp³-hybridized carbons (Fsp3) is 0.579. The van der Waals surface area contributed by atoms with Crippen LogP contribution in [0.3, 0.4) is 0 Å². The molecule has 0 unspecified atom stereocenters. The van der Waals surface area contributed by atoms with E-state index >= 15 is 0 Å². The van der Waals surface area contributed by atoms with Crippen LogP contribution >= 0.6 is 0 Å². The van der Waals surface area contributed by atoms with Gasteiger partial charge in [-0.25, -0.2) is 13.1 Å². The fourth-order valence-electron chi connectivity index (χ4n) is 3.34. The summed E-state index contributed by atoms with van der Waals surface area (Å²) in [6, 6.07) is 6.50. The number of sulfonamides is 1. The molecule has 2 aliphatic carbocycles. The molecule has 2 amide bonds. The van der Waals surface area contributed by atoms with Gasteiger partial charge in [-0.2, -0.15) is 0 Å². The third-order valence-electron chi connectivity index (χ3n) is 5.39. The quantitative estimate of drug-likeness (QED) is 0.763. The van der Waals surface area contributed by atoms with E-state index in [2.05, 4.69) is 10.0 Å². The standard InChI is InChI=1S/C19H25N3O4S/c23-18(20-15-3-4-15)13-9-11-22(12-10-13)19(24)14-1-7-17(8-2-14)27(25,26)21-16-5-6-16/h1-2,7-8,13,15-16,21H,3-6,9-12H2,(H,20,23). The van der Waals surface area contributed by atoms with Crippen molar-refractivity contribution in [3.63, 3.8) is 0 Å². The molecule has 2 saturated carbocycles. The molecule has 0 aromatic heterocycles. The first kappa shape index (κ1) is 18.4. The van der Waals surface area contributed by atoms with Gasteiger partial charge in [0.25, 0.3) is 5.91 Å². The lowest BCUT2D eigenvalue weighted by Crippen LogP contribution is -2.43. The van der Waals surface area contributed by atoms with Gasteiger partial charge in [0, 0.05) is 36.7 Å². The molecule has 3 fully saturated rings. The lowest BCUT2D eigenvalue weighted by atomic mass is 9.95. The van der Waals surface area contributed by atoms with Crippen molar-refractivity contribution < 1.29 is 18.0 Å². The Morgan fingerprint density at radius 3 is 2.04 bits per heavy atom. The van der Waals surface area contributed by atoms with Gasteiger partial charge in [0.05, 0.1) is 4.90 Å². The minimum Gasteiger partial charge on any atom is -0.353 e. The van der Waals surface area contributed by atoms with Gasteiger partial charge in [0.15, 0.2) is 0 Å². The van der Waals surface area contributed by atoms with Gasteiger partial charge in [-0.1, -0.05) is 0 Å². The lowest BCUT2D eigenvalue weighted by molar-refractivity contribution is -0.126. The van der Waals surface area contributed by atoms with Crippen LogP contribution in [0.4, 0.5) is 0 Å². The lowest BCUT2D eigenvalue weighted by Gasteiger charge is -2.31. The Morgan fingerprint density at radius 1 is 0.889 bits per heavy atom. The summed E-state index contributed by atoms with van der Waals surface area (Å²) in [7, 11) is -3.51. The van der Waals surface area contributed by atoms with Crippen LogP contribution in [-0.4, -0.2) is 50.3 Å². The predicted molar refractivity (Wildman–Crippen MR) is 99.6 cm³/mol. The molecule has 8 heteroatoms. The van der Waals surface area contributed by atoms with Crippen LogP contribution in [0.1, 0.15) is 48.9 Å². The highest BCUT2D eigenvalue weighted by molar-refractivity contribution is 7.89. The second-order valence-electron chi connectivity index (χ2n) is 7.77. The van der Waals surface area contributed by atoms with E-state index in [0.717, 1.165) is 25.7 Å². The Hall–Kier alpha value is -1.93. The second-order valence-corrected chi connectivity index (χ2v) is 9.48. The molecule has 0 bridgehead atoms. The van der Waals surface area contributed by atoms with Gasteiger partial charge in [0.2, 0.25) is 15.9 Å². The van der Waals surface area contributed by atoms with E-state index in [-0.39, 0.29) is 28.7 Å². The van der Waals surface area contributed by atoms with Crippen LogP contribution in [0.5, 0.6) is 0 Å². The maximum absolute atomic E-state index is 12.7. The summed E-state index contributed by atoms with van der Waals surface area (Å²) in [5.74, 6) is -0.0202. The van der Waals surface area contributed by atoms with Crippen molar-refractivity contribution >= 4 is 21.8 Å². The van der Waals surface area contributed by atoms with Crippen molar-refractivity contribution in [3.8, 4) is 0 Å². The number of rotatable bonds is 6. The molecular weight excluding hydrogens is 366 g/mol. The Bertz CT molecular complexity index is 821. The zero-order valence-electron chi connectivity index (χ0n) is 15.2. The van der Waals surface area contributed by atoms with Crippen molar-refractivity contribution in [1.29, 1.82) is 0 Å². The average Bonchev–Trinajstić information content (AvgIpc) is 3.59. The molecule has 1 saturated heterocycles. The van der Waals surface area contributed by atoms with E-state index in [1.807, 2.05) is 0 Å². The Kier molecular flexibility index (Phi) is 4.94. The number of likely N-dealkylation sites (tertiary alicyclic amines) is 1. The molecule has 7 nitrogen and oxygen atoms in total. The van der Waals surface area contributed by atoms with Crippen LogP contribution in [-0.2, 0) is 14.8 Å². The topological polar surface area (TPSA) is 95.6 Å². The highest BCUT2D eigenvalue weighted by Crippen LogP contribution is 2.24. The first-order chi connectivity index (χ1) is 12.9.